The zero-order valence-corrected chi connectivity index (χ0v) is 11.1. The lowest BCUT2D eigenvalue weighted by Crippen LogP contribution is -2.03. The molecule has 0 spiro atoms. The van der Waals surface area contributed by atoms with Crippen molar-refractivity contribution in [2.24, 2.45) is 5.73 Å². The molecule has 0 aliphatic carbocycles. The first-order valence-electron chi connectivity index (χ1n) is 5.61. The molecule has 0 aliphatic rings. The minimum atomic E-state index is -0.449. The van der Waals surface area contributed by atoms with Gasteiger partial charge in [0.1, 0.15) is 12.4 Å². The molecule has 6 nitrogen and oxygen atoms in total. The number of aryl methyl sites for hydroxylation is 1. The fourth-order valence-electron chi connectivity index (χ4n) is 1.60. The molecule has 7 heteroatoms. The third-order valence-electron chi connectivity index (χ3n) is 2.51. The number of hydrogen-bond donors (Lipinski definition) is 1. The molecule has 0 radical (unpaired) electrons. The lowest BCUT2D eigenvalue weighted by atomic mass is 10.2. The molecule has 0 fully saturated rings. The van der Waals surface area contributed by atoms with Crippen LogP contribution >= 0.6 is 11.3 Å². The summed E-state index contributed by atoms with van der Waals surface area (Å²) in [7, 11) is 0. The van der Waals surface area contributed by atoms with Crippen LogP contribution in [0.25, 0.3) is 0 Å². The summed E-state index contributed by atoms with van der Waals surface area (Å²) in [5.74, 6) is 0.569. The standard InChI is InChI=1S/C12H13N3O3S/c1-8-14-6-11(19-8)7-18-12-3-2-10(15(16)17)4-9(12)5-13/h2-4,6H,5,7,13H2,1H3. The summed E-state index contributed by atoms with van der Waals surface area (Å²) in [6.45, 7) is 2.50. The van der Waals surface area contributed by atoms with Gasteiger partial charge in [0.05, 0.1) is 14.8 Å². The average molecular weight is 279 g/mol. The Morgan fingerprint density at radius 1 is 1.53 bits per heavy atom. The van der Waals surface area contributed by atoms with Gasteiger partial charge < -0.3 is 10.5 Å². The first-order valence-corrected chi connectivity index (χ1v) is 6.43. The van der Waals surface area contributed by atoms with Crippen molar-refractivity contribution in [3.63, 3.8) is 0 Å². The van der Waals surface area contributed by atoms with Gasteiger partial charge in [-0.25, -0.2) is 4.98 Å². The Bertz CT molecular complexity index is 598. The molecule has 100 valence electrons. The molecule has 0 bridgehead atoms. The third-order valence-corrected chi connectivity index (χ3v) is 3.40. The molecule has 2 rings (SSSR count). The summed E-state index contributed by atoms with van der Waals surface area (Å²) in [5, 5.41) is 11.7. The number of rotatable bonds is 5. The SMILES string of the molecule is Cc1ncc(COc2ccc([N+](=O)[O-])cc2CN)s1. The van der Waals surface area contributed by atoms with Crippen molar-refractivity contribution in [1.82, 2.24) is 4.98 Å². The lowest BCUT2D eigenvalue weighted by Gasteiger charge is -2.09. The number of hydrogen-bond acceptors (Lipinski definition) is 6. The largest absolute Gasteiger partial charge is 0.488 e. The van der Waals surface area contributed by atoms with E-state index >= 15 is 0 Å². The maximum absolute atomic E-state index is 10.7. The normalized spacial score (nSPS) is 10.4. The van der Waals surface area contributed by atoms with Crippen molar-refractivity contribution in [2.75, 3.05) is 0 Å². The van der Waals surface area contributed by atoms with Crippen molar-refractivity contribution in [3.8, 4) is 5.75 Å². The number of nitro groups is 1. The number of non-ortho nitro benzene ring substituents is 1. The number of ether oxygens (including phenoxy) is 1. The molecular formula is C12H13N3O3S. The number of nitrogens with two attached hydrogens (primary N) is 1. The molecule has 0 saturated carbocycles. The Labute approximate surface area is 114 Å². The van der Waals surface area contributed by atoms with E-state index in [1.54, 1.807) is 23.6 Å². The minimum Gasteiger partial charge on any atom is -0.488 e. The van der Waals surface area contributed by atoms with Crippen LogP contribution in [0, 0.1) is 17.0 Å². The van der Waals surface area contributed by atoms with Crippen LogP contribution in [0.1, 0.15) is 15.4 Å². The van der Waals surface area contributed by atoms with Crippen molar-refractivity contribution < 1.29 is 9.66 Å². The Kier molecular flexibility index (Phi) is 4.08. The number of nitro benzene ring substituents is 1. The maximum Gasteiger partial charge on any atom is 0.270 e. The molecule has 0 saturated heterocycles. The molecule has 1 heterocycles. The molecule has 19 heavy (non-hydrogen) atoms. The lowest BCUT2D eigenvalue weighted by molar-refractivity contribution is -0.384. The Balaban J connectivity index is 2.13. The molecule has 1 aromatic heterocycles. The van der Waals surface area contributed by atoms with Gasteiger partial charge in [-0.1, -0.05) is 0 Å². The van der Waals surface area contributed by atoms with Crippen LogP contribution in [0.5, 0.6) is 5.75 Å². The van der Waals surface area contributed by atoms with E-state index in [9.17, 15) is 10.1 Å². The summed E-state index contributed by atoms with van der Waals surface area (Å²) < 4.78 is 5.63. The molecule has 2 aromatic rings. The highest BCUT2D eigenvalue weighted by Gasteiger charge is 2.11. The topological polar surface area (TPSA) is 91.3 Å². The van der Waals surface area contributed by atoms with Gasteiger partial charge in [-0.3, -0.25) is 10.1 Å². The van der Waals surface area contributed by atoms with Crippen LogP contribution < -0.4 is 10.5 Å². The van der Waals surface area contributed by atoms with Gasteiger partial charge in [0.15, 0.2) is 0 Å². The van der Waals surface area contributed by atoms with Gasteiger partial charge in [0, 0.05) is 30.4 Å². The highest BCUT2D eigenvalue weighted by Crippen LogP contribution is 2.25. The van der Waals surface area contributed by atoms with Gasteiger partial charge in [-0.15, -0.1) is 11.3 Å². The molecule has 0 amide bonds. The molecule has 2 N–H and O–H groups in total. The fourth-order valence-corrected chi connectivity index (χ4v) is 2.31. The van der Waals surface area contributed by atoms with E-state index in [1.165, 1.54) is 12.1 Å². The van der Waals surface area contributed by atoms with Crippen LogP contribution in [0.15, 0.2) is 24.4 Å². The van der Waals surface area contributed by atoms with E-state index in [-0.39, 0.29) is 12.2 Å². The molecular weight excluding hydrogens is 266 g/mol. The Morgan fingerprint density at radius 3 is 2.89 bits per heavy atom. The summed E-state index contributed by atoms with van der Waals surface area (Å²) in [6, 6.07) is 4.42. The predicted molar refractivity (Wildman–Crippen MR) is 72.2 cm³/mol. The highest BCUT2D eigenvalue weighted by atomic mass is 32.1. The number of aromatic nitrogens is 1. The van der Waals surface area contributed by atoms with Crippen LogP contribution in [-0.2, 0) is 13.2 Å². The van der Waals surface area contributed by atoms with Crippen LogP contribution in [0.2, 0.25) is 0 Å². The van der Waals surface area contributed by atoms with Gasteiger partial charge in [-0.2, -0.15) is 0 Å². The number of benzene rings is 1. The van der Waals surface area contributed by atoms with Crippen LogP contribution in [-0.4, -0.2) is 9.91 Å². The van der Waals surface area contributed by atoms with Crippen LogP contribution in [0.3, 0.4) is 0 Å². The number of thiazole rings is 1. The second-order valence-electron chi connectivity index (χ2n) is 3.89. The average Bonchev–Trinajstić information content (AvgIpc) is 2.81. The first-order chi connectivity index (χ1) is 9.10. The summed E-state index contributed by atoms with van der Waals surface area (Å²) in [4.78, 5) is 15.4. The van der Waals surface area contributed by atoms with E-state index in [0.29, 0.717) is 17.9 Å². The fraction of sp³-hybridized carbons (Fsp3) is 0.250. The van der Waals surface area contributed by atoms with E-state index in [4.69, 9.17) is 10.5 Å². The van der Waals surface area contributed by atoms with E-state index < -0.39 is 4.92 Å². The van der Waals surface area contributed by atoms with Crippen molar-refractivity contribution in [2.45, 2.75) is 20.1 Å². The van der Waals surface area contributed by atoms with Gasteiger partial charge in [-0.05, 0) is 13.0 Å². The summed E-state index contributed by atoms with van der Waals surface area (Å²) >= 11 is 1.55. The third kappa shape index (κ3) is 3.27. The molecule has 0 aliphatic heterocycles. The maximum atomic E-state index is 10.7. The smallest absolute Gasteiger partial charge is 0.270 e. The van der Waals surface area contributed by atoms with Gasteiger partial charge in [0.2, 0.25) is 0 Å². The van der Waals surface area contributed by atoms with Crippen LogP contribution in [0.4, 0.5) is 5.69 Å². The minimum absolute atomic E-state index is 0.0152. The Morgan fingerprint density at radius 2 is 2.32 bits per heavy atom. The Hall–Kier alpha value is -1.99. The molecule has 0 atom stereocenters. The second kappa shape index (κ2) is 5.77. The van der Waals surface area contributed by atoms with Crippen molar-refractivity contribution in [1.29, 1.82) is 0 Å². The molecule has 0 unspecified atom stereocenters. The first kappa shape index (κ1) is 13.4. The van der Waals surface area contributed by atoms with Crippen molar-refractivity contribution in [3.05, 3.63) is 50.0 Å². The van der Waals surface area contributed by atoms with Crippen molar-refractivity contribution >= 4 is 17.0 Å². The monoisotopic (exact) mass is 279 g/mol. The zero-order chi connectivity index (χ0) is 13.8. The summed E-state index contributed by atoms with van der Waals surface area (Å²) in [6.07, 6.45) is 1.76. The summed E-state index contributed by atoms with van der Waals surface area (Å²) in [5.41, 5.74) is 6.22. The molecule has 1 aromatic carbocycles. The van der Waals surface area contributed by atoms with Gasteiger partial charge in [0.25, 0.3) is 5.69 Å². The van der Waals surface area contributed by atoms with E-state index in [0.717, 1.165) is 9.88 Å². The zero-order valence-electron chi connectivity index (χ0n) is 10.3. The second-order valence-corrected chi connectivity index (χ2v) is 5.21. The number of nitrogens with zero attached hydrogens (tertiary/aromatic N) is 2. The predicted octanol–water partition coefficient (Wildman–Crippen LogP) is 2.40. The van der Waals surface area contributed by atoms with E-state index in [1.807, 2.05) is 6.92 Å². The van der Waals surface area contributed by atoms with Gasteiger partial charge >= 0.3 is 0 Å². The van der Waals surface area contributed by atoms with E-state index in [2.05, 4.69) is 4.98 Å². The highest BCUT2D eigenvalue weighted by molar-refractivity contribution is 7.11. The quantitative estimate of drug-likeness (QED) is 0.670.